The maximum Gasteiger partial charge on any atom is 0.0999 e. The van der Waals surface area contributed by atoms with Gasteiger partial charge in [0.15, 0.2) is 0 Å². The molecule has 0 bridgehead atoms. The molecule has 0 spiro atoms. The molecule has 4 nitrogen and oxygen atoms in total. The lowest BCUT2D eigenvalue weighted by Crippen LogP contribution is -1.97. The van der Waals surface area contributed by atoms with Crippen LogP contribution in [0.3, 0.4) is 0 Å². The molecule has 4 aromatic heterocycles. The van der Waals surface area contributed by atoms with Crippen LogP contribution in [0.5, 0.6) is 0 Å². The molecule has 0 unspecified atom stereocenters. The van der Waals surface area contributed by atoms with Crippen molar-refractivity contribution in [3.8, 4) is 6.07 Å². The van der Waals surface area contributed by atoms with Crippen molar-refractivity contribution in [2.45, 2.75) is 0 Å². The molecule has 4 heteroatoms. The van der Waals surface area contributed by atoms with Gasteiger partial charge in [-0.3, -0.25) is 0 Å². The Hall–Kier alpha value is -5.01. The average molecular weight is 444 g/mol. The van der Waals surface area contributed by atoms with Crippen LogP contribution in [0.25, 0.3) is 76.5 Å². The minimum Gasteiger partial charge on any atom is -0.354 e. The highest BCUT2D eigenvalue weighted by Gasteiger charge is 2.23. The standard InChI is InChI=1S/C31H16N4/c32-16-17-12-13-27-31-29(17)22-14-21-18-6-1-3-9-23(18)33-24(21)15-28(22)35(31)26-11-5-8-20-19-7-2-4-10-25(19)34(27)30(20)26/h1-15,33H. The van der Waals surface area contributed by atoms with Gasteiger partial charge in [-0.05, 0) is 42.5 Å². The van der Waals surface area contributed by atoms with Crippen molar-refractivity contribution in [2.24, 2.45) is 0 Å². The SMILES string of the molecule is N#Cc1ccc2c3c1c1cc4c(cc1n3c1cccc3c5ccccc5n2c31)[nH]c1ccccc14. The van der Waals surface area contributed by atoms with Crippen molar-refractivity contribution in [1.29, 1.82) is 5.26 Å². The van der Waals surface area contributed by atoms with E-state index in [0.29, 0.717) is 5.56 Å². The molecule has 9 aromatic rings. The maximum atomic E-state index is 10.1. The normalized spacial score (nSPS) is 12.5. The van der Waals surface area contributed by atoms with Crippen LogP contribution in [0.1, 0.15) is 5.56 Å². The number of H-pyrrole nitrogens is 1. The number of nitriles is 1. The summed E-state index contributed by atoms with van der Waals surface area (Å²) in [5.41, 5.74) is 9.82. The molecule has 0 atom stereocenters. The summed E-state index contributed by atoms with van der Waals surface area (Å²) in [7, 11) is 0. The highest BCUT2D eigenvalue weighted by atomic mass is 15.0. The summed E-state index contributed by atoms with van der Waals surface area (Å²) in [6.07, 6.45) is 0. The predicted octanol–water partition coefficient (Wildman–Crippen LogP) is 7.75. The zero-order valence-corrected chi connectivity index (χ0v) is 18.5. The number of hydrogen-bond acceptors (Lipinski definition) is 1. The number of aromatic nitrogens is 3. The van der Waals surface area contributed by atoms with E-state index in [4.69, 9.17) is 0 Å². The average Bonchev–Trinajstić information content (AvgIpc) is 3.55. The van der Waals surface area contributed by atoms with Crippen LogP contribution >= 0.6 is 0 Å². The number of benzene rings is 5. The lowest BCUT2D eigenvalue weighted by Gasteiger charge is -2.11. The molecule has 0 fully saturated rings. The second kappa shape index (κ2) is 5.72. The Morgan fingerprint density at radius 3 is 2.20 bits per heavy atom. The number of rotatable bonds is 0. The minimum absolute atomic E-state index is 0.707. The molecule has 4 heterocycles. The highest BCUT2D eigenvalue weighted by molar-refractivity contribution is 6.25. The number of nitrogens with one attached hydrogen (secondary N) is 1. The maximum absolute atomic E-state index is 10.1. The lowest BCUT2D eigenvalue weighted by atomic mass is 10.0. The quantitative estimate of drug-likeness (QED) is 0.239. The van der Waals surface area contributed by atoms with Crippen LogP contribution in [0.15, 0.2) is 91.0 Å². The monoisotopic (exact) mass is 444 g/mol. The van der Waals surface area contributed by atoms with E-state index in [1.54, 1.807) is 0 Å². The summed E-state index contributed by atoms with van der Waals surface area (Å²) in [6.45, 7) is 0. The van der Waals surface area contributed by atoms with E-state index in [1.165, 1.54) is 32.6 Å². The van der Waals surface area contributed by atoms with E-state index in [9.17, 15) is 5.26 Å². The summed E-state index contributed by atoms with van der Waals surface area (Å²) in [5, 5.41) is 17.2. The third-order valence-corrected chi connectivity index (χ3v) is 7.79. The lowest BCUT2D eigenvalue weighted by molar-refractivity contribution is 1.26. The molecule has 0 saturated heterocycles. The van der Waals surface area contributed by atoms with Gasteiger partial charge in [0.25, 0.3) is 0 Å². The van der Waals surface area contributed by atoms with Gasteiger partial charge in [0.05, 0.1) is 44.7 Å². The molecular weight excluding hydrogens is 428 g/mol. The van der Waals surface area contributed by atoms with E-state index in [1.807, 2.05) is 6.07 Å². The van der Waals surface area contributed by atoms with Crippen molar-refractivity contribution >= 4 is 76.5 Å². The molecule has 9 rings (SSSR count). The summed E-state index contributed by atoms with van der Waals surface area (Å²) in [5.74, 6) is 0. The van der Waals surface area contributed by atoms with Crippen LogP contribution in [0, 0.1) is 11.3 Å². The Labute approximate surface area is 198 Å². The number of para-hydroxylation sites is 3. The Morgan fingerprint density at radius 2 is 1.29 bits per heavy atom. The zero-order valence-electron chi connectivity index (χ0n) is 18.5. The van der Waals surface area contributed by atoms with E-state index in [-0.39, 0.29) is 0 Å². The molecule has 0 radical (unpaired) electrons. The summed E-state index contributed by atoms with van der Waals surface area (Å²) < 4.78 is 4.75. The van der Waals surface area contributed by atoms with E-state index >= 15 is 0 Å². The molecule has 5 aromatic carbocycles. The van der Waals surface area contributed by atoms with Crippen molar-refractivity contribution in [3.05, 3.63) is 96.6 Å². The molecule has 0 aliphatic carbocycles. The second-order valence-electron chi connectivity index (χ2n) is 9.41. The summed E-state index contributed by atoms with van der Waals surface area (Å²) in [4.78, 5) is 3.61. The van der Waals surface area contributed by atoms with Gasteiger partial charge < -0.3 is 13.8 Å². The van der Waals surface area contributed by atoms with Crippen molar-refractivity contribution < 1.29 is 0 Å². The zero-order chi connectivity index (χ0) is 22.8. The second-order valence-corrected chi connectivity index (χ2v) is 9.41. The van der Waals surface area contributed by atoms with Gasteiger partial charge in [0, 0.05) is 43.4 Å². The fourth-order valence-electron chi connectivity index (χ4n) is 6.43. The van der Waals surface area contributed by atoms with Crippen LogP contribution in [0.4, 0.5) is 0 Å². The number of aromatic amines is 1. The van der Waals surface area contributed by atoms with Gasteiger partial charge in [-0.15, -0.1) is 0 Å². The molecular formula is C31H16N4. The summed E-state index contributed by atoms with van der Waals surface area (Å²) >= 11 is 0. The molecule has 0 aliphatic heterocycles. The molecule has 160 valence electrons. The number of nitrogens with zero attached hydrogens (tertiary/aromatic N) is 3. The van der Waals surface area contributed by atoms with Crippen LogP contribution in [-0.4, -0.2) is 13.8 Å². The van der Waals surface area contributed by atoms with Gasteiger partial charge in [0.1, 0.15) is 0 Å². The smallest absolute Gasteiger partial charge is 0.0999 e. The van der Waals surface area contributed by atoms with Crippen molar-refractivity contribution in [1.82, 2.24) is 13.8 Å². The predicted molar refractivity (Wildman–Crippen MR) is 144 cm³/mol. The first-order valence-corrected chi connectivity index (χ1v) is 11.8. The topological polar surface area (TPSA) is 48.4 Å². The summed E-state index contributed by atoms with van der Waals surface area (Å²) in [6, 6.07) is 34.7. The highest BCUT2D eigenvalue weighted by Crippen LogP contribution is 2.43. The van der Waals surface area contributed by atoms with E-state index in [2.05, 4.69) is 105 Å². The van der Waals surface area contributed by atoms with Crippen LogP contribution in [-0.2, 0) is 0 Å². The van der Waals surface area contributed by atoms with Crippen molar-refractivity contribution in [3.63, 3.8) is 0 Å². The number of hydrogen-bond donors (Lipinski definition) is 1. The van der Waals surface area contributed by atoms with Gasteiger partial charge in [0.2, 0.25) is 0 Å². The Morgan fingerprint density at radius 1 is 0.543 bits per heavy atom. The first kappa shape index (κ1) is 17.5. The third-order valence-electron chi connectivity index (χ3n) is 7.79. The van der Waals surface area contributed by atoms with Gasteiger partial charge in [-0.1, -0.05) is 48.5 Å². The molecule has 0 saturated carbocycles. The van der Waals surface area contributed by atoms with E-state index < -0.39 is 0 Å². The van der Waals surface area contributed by atoms with Gasteiger partial charge >= 0.3 is 0 Å². The Kier molecular flexibility index (Phi) is 2.86. The fourth-order valence-corrected chi connectivity index (χ4v) is 6.43. The van der Waals surface area contributed by atoms with E-state index in [0.717, 1.165) is 43.9 Å². The minimum atomic E-state index is 0.707. The van der Waals surface area contributed by atoms with Gasteiger partial charge in [-0.2, -0.15) is 5.26 Å². The Bertz CT molecular complexity index is 2390. The molecule has 1 N–H and O–H groups in total. The van der Waals surface area contributed by atoms with Gasteiger partial charge in [-0.25, -0.2) is 0 Å². The molecule has 0 aliphatic rings. The molecule has 35 heavy (non-hydrogen) atoms. The van der Waals surface area contributed by atoms with Crippen molar-refractivity contribution in [2.75, 3.05) is 0 Å². The van der Waals surface area contributed by atoms with Crippen LogP contribution in [0.2, 0.25) is 0 Å². The molecule has 0 amide bonds. The van der Waals surface area contributed by atoms with Crippen LogP contribution < -0.4 is 0 Å². The largest absolute Gasteiger partial charge is 0.354 e. The fraction of sp³-hybridized carbons (Fsp3) is 0. The number of fused-ring (bicyclic) bond motifs is 11. The Balaban J connectivity index is 1.67. The first-order valence-electron chi connectivity index (χ1n) is 11.8. The first-order chi connectivity index (χ1) is 17.3. The third kappa shape index (κ3) is 1.88.